The van der Waals surface area contributed by atoms with E-state index in [1.807, 2.05) is 0 Å². The van der Waals surface area contributed by atoms with Crippen LogP contribution in [-0.4, -0.2) is 11.7 Å². The Morgan fingerprint density at radius 2 is 2.07 bits per heavy atom. The first-order chi connectivity index (χ1) is 7.24. The lowest BCUT2D eigenvalue weighted by atomic mass is 10.1. The highest BCUT2D eigenvalue weighted by Crippen LogP contribution is 2.26. The molecule has 4 heteroatoms. The summed E-state index contributed by atoms with van der Waals surface area (Å²) in [6, 6.07) is 6.48. The monoisotopic (exact) mass is 196 g/mol. The van der Waals surface area contributed by atoms with Crippen LogP contribution in [0.25, 0.3) is 0 Å². The van der Waals surface area contributed by atoms with Crippen molar-refractivity contribution in [2.24, 2.45) is 0 Å². The lowest BCUT2D eigenvalue weighted by Crippen LogP contribution is -2.12. The first-order valence-corrected chi connectivity index (χ1v) is 4.13. The number of nitrogens with one attached hydrogen (secondary N) is 1. The molecule has 0 bridgehead atoms. The summed E-state index contributed by atoms with van der Waals surface area (Å²) in [6.45, 7) is 0. The van der Waals surface area contributed by atoms with E-state index in [9.17, 15) is 9.59 Å². The largest absolute Gasteiger partial charge is 0.317 e. The van der Waals surface area contributed by atoms with E-state index in [-0.39, 0.29) is 0 Å². The average molecular weight is 196 g/mol. The Balaban J connectivity index is 2.60. The summed E-state index contributed by atoms with van der Waals surface area (Å²) in [6.07, 6.45) is 0. The molecule has 0 unspecified atom stereocenters. The Hall–Kier alpha value is -2.59. The number of carbonyl (C=O) groups excluding carboxylic acids is 2. The molecule has 0 fully saturated rings. The van der Waals surface area contributed by atoms with Gasteiger partial charge in [-0.2, -0.15) is 5.26 Å². The number of ketones is 1. The molecule has 1 heterocycles. The minimum absolute atomic E-state index is 0.310. The molecule has 1 amide bonds. The number of hydrogen-bond acceptors (Lipinski definition) is 3. The third kappa shape index (κ3) is 1.34. The van der Waals surface area contributed by atoms with Gasteiger partial charge in [-0.05, 0) is 18.1 Å². The highest BCUT2D eigenvalue weighted by atomic mass is 16.2. The summed E-state index contributed by atoms with van der Waals surface area (Å²) in [5, 5.41) is 10.7. The van der Waals surface area contributed by atoms with Crippen molar-refractivity contribution in [1.29, 1.82) is 5.26 Å². The van der Waals surface area contributed by atoms with E-state index in [1.165, 1.54) is 0 Å². The molecule has 0 radical (unpaired) electrons. The van der Waals surface area contributed by atoms with Gasteiger partial charge in [-0.3, -0.25) is 9.59 Å². The maximum absolute atomic E-state index is 11.3. The molecule has 1 aromatic carbocycles. The third-order valence-corrected chi connectivity index (χ3v) is 2.01. The van der Waals surface area contributed by atoms with Crippen LogP contribution in [0.4, 0.5) is 5.69 Å². The van der Waals surface area contributed by atoms with Gasteiger partial charge in [0.05, 0.1) is 11.3 Å². The molecular weight excluding hydrogens is 192 g/mol. The topological polar surface area (TPSA) is 70.0 Å². The number of nitriles is 1. The molecule has 1 N–H and O–H groups in total. The predicted molar refractivity (Wildman–Crippen MR) is 51.9 cm³/mol. The number of rotatable bonds is 0. The molecular formula is C11H4N2O2. The highest BCUT2D eigenvalue weighted by molar-refractivity contribution is 6.51. The molecule has 0 saturated carbocycles. The third-order valence-electron chi connectivity index (χ3n) is 2.01. The van der Waals surface area contributed by atoms with Gasteiger partial charge in [0.1, 0.15) is 0 Å². The zero-order valence-corrected chi connectivity index (χ0v) is 7.50. The number of Topliss-reactive ketones (excluding diaryl/α,β-unsaturated/α-hetero) is 1. The molecule has 1 aromatic rings. The van der Waals surface area contributed by atoms with E-state index in [0.29, 0.717) is 16.8 Å². The summed E-state index contributed by atoms with van der Waals surface area (Å²) in [5.74, 6) is 3.55. The number of fused-ring (bicyclic) bond motifs is 1. The molecule has 70 valence electrons. The number of amides is 1. The fourth-order valence-electron chi connectivity index (χ4n) is 1.37. The van der Waals surface area contributed by atoms with Gasteiger partial charge in [0.25, 0.3) is 11.7 Å². The van der Waals surface area contributed by atoms with Gasteiger partial charge in [-0.25, -0.2) is 0 Å². The Labute approximate surface area is 85.5 Å². The van der Waals surface area contributed by atoms with Crippen molar-refractivity contribution in [2.75, 3.05) is 5.32 Å². The van der Waals surface area contributed by atoms with Crippen LogP contribution >= 0.6 is 0 Å². The van der Waals surface area contributed by atoms with Crippen LogP contribution in [0.2, 0.25) is 0 Å². The summed E-state index contributed by atoms with van der Waals surface area (Å²) in [5.41, 5.74) is 1.19. The molecule has 0 aromatic heterocycles. The first-order valence-electron chi connectivity index (χ1n) is 4.13. The number of carbonyl (C=O) groups is 2. The zero-order chi connectivity index (χ0) is 10.8. The summed E-state index contributed by atoms with van der Waals surface area (Å²) >= 11 is 0. The Kier molecular flexibility index (Phi) is 1.97. The fourth-order valence-corrected chi connectivity index (χ4v) is 1.37. The van der Waals surface area contributed by atoms with Crippen molar-refractivity contribution in [3.05, 3.63) is 29.3 Å². The molecule has 2 rings (SSSR count). The number of para-hydroxylation sites is 1. The molecule has 1 aliphatic rings. The van der Waals surface area contributed by atoms with Gasteiger partial charge in [0, 0.05) is 11.5 Å². The number of nitrogens with zero attached hydrogens (tertiary/aromatic N) is 1. The van der Waals surface area contributed by atoms with Crippen molar-refractivity contribution in [3.8, 4) is 17.9 Å². The first kappa shape index (κ1) is 8.98. The second-order valence-electron chi connectivity index (χ2n) is 2.87. The van der Waals surface area contributed by atoms with Gasteiger partial charge < -0.3 is 5.32 Å². The maximum atomic E-state index is 11.3. The van der Waals surface area contributed by atoms with Crippen LogP contribution in [-0.2, 0) is 4.79 Å². The standard InChI is InChI=1S/C11H4N2O2/c12-6-2-4-7-3-1-5-8-9(7)13-11(15)10(8)14/h1,3,5H,(H,13,14,15). The van der Waals surface area contributed by atoms with E-state index >= 15 is 0 Å². The van der Waals surface area contributed by atoms with Crippen molar-refractivity contribution in [3.63, 3.8) is 0 Å². The zero-order valence-electron chi connectivity index (χ0n) is 7.50. The molecule has 0 atom stereocenters. The fraction of sp³-hybridized carbons (Fsp3) is 0. The molecule has 4 nitrogen and oxygen atoms in total. The summed E-state index contributed by atoms with van der Waals surface area (Å²) in [4.78, 5) is 22.4. The Morgan fingerprint density at radius 3 is 2.80 bits per heavy atom. The van der Waals surface area contributed by atoms with Gasteiger partial charge in [-0.15, -0.1) is 0 Å². The van der Waals surface area contributed by atoms with Crippen LogP contribution < -0.4 is 5.32 Å². The van der Waals surface area contributed by atoms with Crippen molar-refractivity contribution >= 4 is 17.4 Å². The van der Waals surface area contributed by atoms with Crippen LogP contribution in [0.15, 0.2) is 18.2 Å². The number of anilines is 1. The SMILES string of the molecule is N#CC#Cc1cccc2c1NC(=O)C2=O. The van der Waals surface area contributed by atoms with Crippen LogP contribution in [0.3, 0.4) is 0 Å². The minimum atomic E-state index is -0.656. The van der Waals surface area contributed by atoms with E-state index in [1.54, 1.807) is 24.3 Å². The van der Waals surface area contributed by atoms with Crippen LogP contribution in [0.5, 0.6) is 0 Å². The van der Waals surface area contributed by atoms with Crippen molar-refractivity contribution < 1.29 is 9.59 Å². The van der Waals surface area contributed by atoms with E-state index in [0.717, 1.165) is 0 Å². The van der Waals surface area contributed by atoms with Gasteiger partial charge in [0.2, 0.25) is 0 Å². The van der Waals surface area contributed by atoms with Crippen LogP contribution in [0.1, 0.15) is 15.9 Å². The molecule has 1 aliphatic heterocycles. The summed E-state index contributed by atoms with van der Waals surface area (Å²) < 4.78 is 0. The highest BCUT2D eigenvalue weighted by Gasteiger charge is 2.29. The second-order valence-corrected chi connectivity index (χ2v) is 2.87. The van der Waals surface area contributed by atoms with E-state index in [4.69, 9.17) is 5.26 Å². The van der Waals surface area contributed by atoms with Gasteiger partial charge >= 0.3 is 0 Å². The maximum Gasteiger partial charge on any atom is 0.296 e. The molecule has 0 spiro atoms. The number of benzene rings is 1. The summed E-state index contributed by atoms with van der Waals surface area (Å²) in [7, 11) is 0. The lowest BCUT2D eigenvalue weighted by molar-refractivity contribution is -0.112. The molecule has 0 saturated heterocycles. The Morgan fingerprint density at radius 1 is 1.27 bits per heavy atom. The smallest absolute Gasteiger partial charge is 0.296 e. The predicted octanol–water partition coefficient (Wildman–Crippen LogP) is 0.696. The molecule has 0 aliphatic carbocycles. The van der Waals surface area contributed by atoms with Crippen LogP contribution in [0, 0.1) is 23.2 Å². The molecule has 15 heavy (non-hydrogen) atoms. The Bertz CT molecular complexity index is 570. The lowest BCUT2D eigenvalue weighted by Gasteiger charge is -1.98. The average Bonchev–Trinajstić information content (AvgIpc) is 2.53. The van der Waals surface area contributed by atoms with Crippen molar-refractivity contribution in [2.45, 2.75) is 0 Å². The van der Waals surface area contributed by atoms with Crippen molar-refractivity contribution in [1.82, 2.24) is 0 Å². The van der Waals surface area contributed by atoms with Gasteiger partial charge in [0.15, 0.2) is 6.07 Å². The quantitative estimate of drug-likeness (QED) is 0.490. The minimum Gasteiger partial charge on any atom is -0.317 e. The number of hydrogen-bond donors (Lipinski definition) is 1. The second kappa shape index (κ2) is 3.28. The normalized spacial score (nSPS) is 12.2. The van der Waals surface area contributed by atoms with E-state index < -0.39 is 11.7 Å². The van der Waals surface area contributed by atoms with Gasteiger partial charge in [-0.1, -0.05) is 6.07 Å². The van der Waals surface area contributed by atoms with E-state index in [2.05, 4.69) is 17.2 Å².